The molecule has 0 amide bonds. The molecule has 78 valence electrons. The van der Waals surface area contributed by atoms with Crippen LogP contribution in [-0.2, 0) is 6.42 Å². The van der Waals surface area contributed by atoms with Gasteiger partial charge >= 0.3 is 0 Å². The van der Waals surface area contributed by atoms with Crippen molar-refractivity contribution in [3.8, 4) is 11.5 Å². The van der Waals surface area contributed by atoms with E-state index < -0.39 is 0 Å². The van der Waals surface area contributed by atoms with Gasteiger partial charge < -0.3 is 15.2 Å². The van der Waals surface area contributed by atoms with Gasteiger partial charge in [0.1, 0.15) is 11.5 Å². The Kier molecular flexibility index (Phi) is 4.04. The van der Waals surface area contributed by atoms with Gasteiger partial charge in [-0.05, 0) is 32.1 Å². The van der Waals surface area contributed by atoms with Crippen molar-refractivity contribution in [1.29, 1.82) is 0 Å². The molecule has 0 fully saturated rings. The Hall–Kier alpha value is -0.930. The Morgan fingerprint density at radius 3 is 2.79 bits per heavy atom. The summed E-state index contributed by atoms with van der Waals surface area (Å²) < 4.78 is 5.06. The van der Waals surface area contributed by atoms with Crippen LogP contribution in [0.15, 0.2) is 12.1 Å². The average molecular weight is 216 g/mol. The molecular weight excluding hydrogens is 202 g/mol. The van der Waals surface area contributed by atoms with Crippen LogP contribution in [0.2, 0.25) is 5.02 Å². The molecule has 3 nitrogen and oxygen atoms in total. The van der Waals surface area contributed by atoms with Crippen molar-refractivity contribution in [3.05, 3.63) is 22.7 Å². The molecule has 2 N–H and O–H groups in total. The lowest BCUT2D eigenvalue weighted by atomic mass is 10.1. The predicted octanol–water partition coefficient (Wildman–Crippen LogP) is 1.82. The molecule has 0 unspecified atom stereocenters. The lowest BCUT2D eigenvalue weighted by molar-refractivity contribution is 0.411. The van der Waals surface area contributed by atoms with Crippen LogP contribution in [0.4, 0.5) is 0 Å². The number of hydrogen-bond acceptors (Lipinski definition) is 3. The van der Waals surface area contributed by atoms with Crippen molar-refractivity contribution in [3.63, 3.8) is 0 Å². The first kappa shape index (κ1) is 11.1. The lowest BCUT2D eigenvalue weighted by Gasteiger charge is -2.10. The number of ether oxygens (including phenoxy) is 1. The minimum absolute atomic E-state index is 0.214. The summed E-state index contributed by atoms with van der Waals surface area (Å²) in [4.78, 5) is 0. The molecule has 0 bridgehead atoms. The topological polar surface area (TPSA) is 41.5 Å². The Morgan fingerprint density at radius 2 is 2.21 bits per heavy atom. The summed E-state index contributed by atoms with van der Waals surface area (Å²) in [7, 11) is 3.41. The molecular formula is C10H14ClNO2. The summed E-state index contributed by atoms with van der Waals surface area (Å²) in [5, 5.41) is 13.1. The second-order valence-corrected chi connectivity index (χ2v) is 3.31. The van der Waals surface area contributed by atoms with Gasteiger partial charge in [-0.25, -0.2) is 0 Å². The summed E-state index contributed by atoms with van der Waals surface area (Å²) in [6.07, 6.45) is 0.679. The van der Waals surface area contributed by atoms with Crippen LogP contribution < -0.4 is 10.1 Å². The maximum absolute atomic E-state index is 9.57. The van der Waals surface area contributed by atoms with Gasteiger partial charge in [-0.2, -0.15) is 0 Å². The van der Waals surface area contributed by atoms with E-state index in [0.717, 1.165) is 12.1 Å². The first-order chi connectivity index (χ1) is 6.70. The van der Waals surface area contributed by atoms with Crippen LogP contribution in [-0.4, -0.2) is 25.8 Å². The number of hydrogen-bond donors (Lipinski definition) is 2. The van der Waals surface area contributed by atoms with Gasteiger partial charge in [-0.1, -0.05) is 11.6 Å². The van der Waals surface area contributed by atoms with Crippen LogP contribution >= 0.6 is 11.6 Å². The highest BCUT2D eigenvalue weighted by Crippen LogP contribution is 2.34. The molecule has 1 aromatic carbocycles. The number of likely N-dealkylation sites (N-methyl/N-ethyl adjacent to an activating group) is 1. The fraction of sp³-hybridized carbons (Fsp3) is 0.400. The summed E-state index contributed by atoms with van der Waals surface area (Å²) in [6.45, 7) is 0.764. The minimum atomic E-state index is 0.214. The van der Waals surface area contributed by atoms with Crippen molar-refractivity contribution < 1.29 is 9.84 Å². The zero-order valence-corrected chi connectivity index (χ0v) is 9.06. The van der Waals surface area contributed by atoms with E-state index in [0.29, 0.717) is 17.2 Å². The molecule has 0 aliphatic rings. The third kappa shape index (κ3) is 2.30. The molecule has 0 radical (unpaired) electrons. The highest BCUT2D eigenvalue weighted by Gasteiger charge is 2.10. The maximum atomic E-state index is 9.57. The largest absolute Gasteiger partial charge is 0.508 e. The third-order valence-corrected chi connectivity index (χ3v) is 2.44. The van der Waals surface area contributed by atoms with Gasteiger partial charge in [0.25, 0.3) is 0 Å². The van der Waals surface area contributed by atoms with Crippen LogP contribution in [0.1, 0.15) is 5.56 Å². The standard InChI is InChI=1S/C10H14ClNO2/c1-12-6-5-7-8(13)3-4-9(14-2)10(7)11/h3-4,12-13H,5-6H2,1-2H3. The normalized spacial score (nSPS) is 10.2. The summed E-state index contributed by atoms with van der Waals surface area (Å²) in [5.74, 6) is 0.807. The van der Waals surface area contributed by atoms with Gasteiger partial charge in [0.05, 0.1) is 12.1 Å². The van der Waals surface area contributed by atoms with E-state index in [-0.39, 0.29) is 5.75 Å². The summed E-state index contributed by atoms with van der Waals surface area (Å²) in [6, 6.07) is 3.25. The quantitative estimate of drug-likeness (QED) is 0.805. The van der Waals surface area contributed by atoms with Crippen molar-refractivity contribution in [2.45, 2.75) is 6.42 Å². The molecule has 0 aliphatic carbocycles. The highest BCUT2D eigenvalue weighted by atomic mass is 35.5. The molecule has 14 heavy (non-hydrogen) atoms. The van der Waals surface area contributed by atoms with E-state index in [1.54, 1.807) is 19.2 Å². The van der Waals surface area contributed by atoms with Crippen molar-refractivity contribution in [2.75, 3.05) is 20.7 Å². The first-order valence-electron chi connectivity index (χ1n) is 4.39. The van der Waals surface area contributed by atoms with Crippen LogP contribution in [0.25, 0.3) is 0 Å². The smallest absolute Gasteiger partial charge is 0.138 e. The van der Waals surface area contributed by atoms with E-state index in [1.807, 2.05) is 7.05 Å². The van der Waals surface area contributed by atoms with E-state index in [9.17, 15) is 5.11 Å². The Balaban J connectivity index is 2.99. The molecule has 1 rings (SSSR count). The third-order valence-electron chi connectivity index (χ3n) is 2.03. The zero-order chi connectivity index (χ0) is 10.6. The van der Waals surface area contributed by atoms with Crippen LogP contribution in [0.5, 0.6) is 11.5 Å². The number of halogens is 1. The molecule has 4 heteroatoms. The summed E-state index contributed by atoms with van der Waals surface area (Å²) in [5.41, 5.74) is 0.723. The monoisotopic (exact) mass is 215 g/mol. The molecule has 1 aromatic rings. The molecule has 0 aliphatic heterocycles. The number of phenols is 1. The Labute approximate surface area is 88.7 Å². The molecule has 0 atom stereocenters. The SMILES string of the molecule is CNCCc1c(O)ccc(OC)c1Cl. The van der Waals surface area contributed by atoms with Gasteiger partial charge in [0, 0.05) is 5.56 Å². The molecule has 0 heterocycles. The van der Waals surface area contributed by atoms with Gasteiger partial charge in [-0.15, -0.1) is 0 Å². The zero-order valence-electron chi connectivity index (χ0n) is 8.30. The highest BCUT2D eigenvalue weighted by molar-refractivity contribution is 6.33. The average Bonchev–Trinajstić information content (AvgIpc) is 2.18. The number of aromatic hydroxyl groups is 1. The molecule has 0 aromatic heterocycles. The van der Waals surface area contributed by atoms with Crippen molar-refractivity contribution >= 4 is 11.6 Å². The van der Waals surface area contributed by atoms with Crippen LogP contribution in [0, 0.1) is 0 Å². The minimum Gasteiger partial charge on any atom is -0.508 e. The first-order valence-corrected chi connectivity index (χ1v) is 4.77. The van der Waals surface area contributed by atoms with E-state index in [4.69, 9.17) is 16.3 Å². The number of phenolic OH excluding ortho intramolecular Hbond substituents is 1. The summed E-state index contributed by atoms with van der Waals surface area (Å²) >= 11 is 6.04. The fourth-order valence-corrected chi connectivity index (χ4v) is 1.57. The predicted molar refractivity (Wildman–Crippen MR) is 57.3 cm³/mol. The molecule has 0 saturated heterocycles. The Bertz CT molecular complexity index is 315. The maximum Gasteiger partial charge on any atom is 0.138 e. The van der Waals surface area contributed by atoms with E-state index in [2.05, 4.69) is 5.32 Å². The fourth-order valence-electron chi connectivity index (χ4n) is 1.23. The number of nitrogens with one attached hydrogen (secondary N) is 1. The number of rotatable bonds is 4. The second-order valence-electron chi connectivity index (χ2n) is 2.93. The van der Waals surface area contributed by atoms with Crippen molar-refractivity contribution in [2.24, 2.45) is 0 Å². The van der Waals surface area contributed by atoms with Gasteiger partial charge in [-0.3, -0.25) is 0 Å². The van der Waals surface area contributed by atoms with E-state index in [1.165, 1.54) is 0 Å². The van der Waals surface area contributed by atoms with Crippen molar-refractivity contribution in [1.82, 2.24) is 5.32 Å². The molecule has 0 spiro atoms. The number of benzene rings is 1. The van der Waals surface area contributed by atoms with E-state index >= 15 is 0 Å². The van der Waals surface area contributed by atoms with Gasteiger partial charge in [0.2, 0.25) is 0 Å². The van der Waals surface area contributed by atoms with Crippen LogP contribution in [0.3, 0.4) is 0 Å². The number of methoxy groups -OCH3 is 1. The lowest BCUT2D eigenvalue weighted by Crippen LogP contribution is -2.10. The Morgan fingerprint density at radius 1 is 1.50 bits per heavy atom. The second kappa shape index (κ2) is 5.08. The molecule has 0 saturated carbocycles. The van der Waals surface area contributed by atoms with Gasteiger partial charge in [0.15, 0.2) is 0 Å².